The number of hydrogen-bond acceptors (Lipinski definition) is 6. The van der Waals surface area contributed by atoms with E-state index in [0.717, 1.165) is 25.7 Å². The Morgan fingerprint density at radius 1 is 0.676 bits per heavy atom. The molecule has 0 fully saturated rings. The molecule has 0 radical (unpaired) electrons. The van der Waals surface area contributed by atoms with Gasteiger partial charge in [-0.25, -0.2) is 0 Å². The summed E-state index contributed by atoms with van der Waals surface area (Å²) >= 11 is 0. The normalized spacial score (nSPS) is 12.4. The molecule has 2 N–H and O–H groups in total. The zero-order chi connectivity index (χ0) is 27.6. The first-order valence-corrected chi connectivity index (χ1v) is 15.6. The van der Waals surface area contributed by atoms with Crippen molar-refractivity contribution in [1.82, 2.24) is 0 Å². The van der Waals surface area contributed by atoms with E-state index in [9.17, 15) is 10.2 Å². The van der Waals surface area contributed by atoms with Crippen molar-refractivity contribution in [2.45, 2.75) is 108 Å². The Morgan fingerprint density at radius 3 is 1.46 bits per heavy atom. The van der Waals surface area contributed by atoms with Crippen LogP contribution in [0, 0.1) is 0 Å². The number of ether oxygens (including phenoxy) is 2. The van der Waals surface area contributed by atoms with Gasteiger partial charge in [0.05, 0.1) is 13.2 Å². The van der Waals surface area contributed by atoms with E-state index in [0.29, 0.717) is 19.8 Å². The highest BCUT2D eigenvalue weighted by Gasteiger charge is 2.22. The molecule has 6 heteroatoms. The zero-order valence-corrected chi connectivity index (χ0v) is 25.8. The maximum absolute atomic E-state index is 9.60. The van der Waals surface area contributed by atoms with E-state index in [2.05, 4.69) is 65.8 Å². The molecule has 0 heterocycles. The molecule has 0 unspecified atom stereocenters. The highest BCUT2D eigenvalue weighted by atomic mass is 33.1. The lowest BCUT2D eigenvalue weighted by Gasteiger charge is -2.25. The van der Waals surface area contributed by atoms with Crippen molar-refractivity contribution in [2.24, 2.45) is 0 Å². The molecule has 2 aromatic carbocycles. The summed E-state index contributed by atoms with van der Waals surface area (Å²) in [6.07, 6.45) is 3.12. The van der Waals surface area contributed by atoms with Crippen molar-refractivity contribution < 1.29 is 19.7 Å². The van der Waals surface area contributed by atoms with Crippen molar-refractivity contribution in [1.29, 1.82) is 0 Å². The summed E-state index contributed by atoms with van der Waals surface area (Å²) in [5.74, 6) is 0. The van der Waals surface area contributed by atoms with Gasteiger partial charge >= 0.3 is 0 Å². The predicted molar refractivity (Wildman–Crippen MR) is 159 cm³/mol. The fourth-order valence-electron chi connectivity index (χ4n) is 4.16. The van der Waals surface area contributed by atoms with Crippen LogP contribution in [-0.2, 0) is 46.4 Å². The summed E-state index contributed by atoms with van der Waals surface area (Å²) in [5, 5.41) is 19.2. The summed E-state index contributed by atoms with van der Waals surface area (Å²) in [4.78, 5) is 2.46. The highest BCUT2D eigenvalue weighted by molar-refractivity contribution is 8.76. The number of rotatable bonds is 14. The number of aliphatic hydroxyl groups excluding tert-OH is 2. The minimum absolute atomic E-state index is 0.0251. The average Bonchev–Trinajstić information content (AvgIpc) is 2.83. The van der Waals surface area contributed by atoms with Crippen LogP contribution in [0.15, 0.2) is 34.1 Å². The molecule has 0 amide bonds. The molecule has 4 nitrogen and oxygen atoms in total. The maximum Gasteiger partial charge on any atom is 0.0728 e. The molecule has 37 heavy (non-hydrogen) atoms. The van der Waals surface area contributed by atoms with Crippen LogP contribution in [-0.4, -0.2) is 37.1 Å². The Labute approximate surface area is 233 Å². The molecule has 0 spiro atoms. The topological polar surface area (TPSA) is 58.9 Å². The lowest BCUT2D eigenvalue weighted by atomic mass is 9.84. The lowest BCUT2D eigenvalue weighted by molar-refractivity contribution is 0.131. The van der Waals surface area contributed by atoms with E-state index >= 15 is 0 Å². The summed E-state index contributed by atoms with van der Waals surface area (Å²) in [5.41, 5.74) is 7.56. The Morgan fingerprint density at radius 2 is 1.08 bits per heavy atom. The van der Waals surface area contributed by atoms with Gasteiger partial charge in [0.25, 0.3) is 0 Å². The second-order valence-electron chi connectivity index (χ2n) is 11.6. The van der Waals surface area contributed by atoms with Crippen molar-refractivity contribution in [3.8, 4) is 0 Å². The van der Waals surface area contributed by atoms with Crippen LogP contribution in [0.3, 0.4) is 0 Å². The van der Waals surface area contributed by atoms with Gasteiger partial charge in [0.15, 0.2) is 0 Å². The first-order chi connectivity index (χ1) is 17.5. The first-order valence-electron chi connectivity index (χ1n) is 13.4. The Balaban J connectivity index is 2.60. The number of methoxy groups -OCH3 is 1. The third-order valence-corrected chi connectivity index (χ3v) is 9.11. The van der Waals surface area contributed by atoms with Crippen LogP contribution >= 0.6 is 21.6 Å². The molecule has 208 valence electrons. The molecule has 2 aromatic rings. The van der Waals surface area contributed by atoms with Crippen molar-refractivity contribution in [2.75, 3.05) is 26.9 Å². The van der Waals surface area contributed by atoms with Crippen molar-refractivity contribution in [3.05, 3.63) is 57.6 Å². The molecule has 0 saturated carbocycles. The van der Waals surface area contributed by atoms with E-state index in [4.69, 9.17) is 9.47 Å². The molecule has 0 aliphatic heterocycles. The van der Waals surface area contributed by atoms with Crippen molar-refractivity contribution >= 4 is 21.6 Å². The van der Waals surface area contributed by atoms with Gasteiger partial charge in [-0.1, -0.05) is 87.4 Å². The minimum Gasteiger partial charge on any atom is -0.396 e. The van der Waals surface area contributed by atoms with Gasteiger partial charge in [-0.05, 0) is 76.8 Å². The summed E-state index contributed by atoms with van der Waals surface area (Å²) in [6, 6.07) is 9.21. The third kappa shape index (κ3) is 9.59. The first kappa shape index (κ1) is 32.2. The average molecular weight is 549 g/mol. The molecule has 2 rings (SSSR count). The van der Waals surface area contributed by atoms with Gasteiger partial charge in [0.2, 0.25) is 0 Å². The number of aliphatic hydroxyl groups is 2. The quantitative estimate of drug-likeness (QED) is 0.237. The van der Waals surface area contributed by atoms with E-state index in [1.807, 2.05) is 6.92 Å². The summed E-state index contributed by atoms with van der Waals surface area (Å²) in [7, 11) is 5.32. The molecule has 0 aromatic heterocycles. The standard InChI is InChI=1S/C31H48O4S2/c1-9-35-21-25-19-27(31(5,6)7)18-24(20-34-8)29(25)37-36-28-22(12-10-14-32)16-26(30(2,3)4)17-23(28)13-11-15-33/h16-19,32-33H,9-15,20-21H2,1-8H3. The fraction of sp³-hybridized carbons (Fsp3) is 0.613. The van der Waals surface area contributed by atoms with E-state index in [1.54, 1.807) is 28.7 Å². The van der Waals surface area contributed by atoms with Gasteiger partial charge in [-0.3, -0.25) is 0 Å². The largest absolute Gasteiger partial charge is 0.396 e. The second kappa shape index (κ2) is 14.9. The molecule has 0 aliphatic carbocycles. The summed E-state index contributed by atoms with van der Waals surface area (Å²) in [6.45, 7) is 17.6. The van der Waals surface area contributed by atoms with Crippen LogP contribution in [0.1, 0.15) is 94.7 Å². The SMILES string of the molecule is CCOCc1cc(C(C)(C)C)cc(COC)c1SSc1c(CCCO)cc(C(C)(C)C)cc1CCCO. The Kier molecular flexibility index (Phi) is 13.0. The molecule has 0 bridgehead atoms. The second-order valence-corrected chi connectivity index (χ2v) is 13.8. The smallest absolute Gasteiger partial charge is 0.0728 e. The highest BCUT2D eigenvalue weighted by Crippen LogP contribution is 2.46. The zero-order valence-electron chi connectivity index (χ0n) is 24.2. The maximum atomic E-state index is 9.60. The van der Waals surface area contributed by atoms with E-state index in [1.165, 1.54) is 43.2 Å². The summed E-state index contributed by atoms with van der Waals surface area (Å²) < 4.78 is 11.5. The minimum atomic E-state index is 0.0251. The van der Waals surface area contributed by atoms with Crippen molar-refractivity contribution in [3.63, 3.8) is 0 Å². The third-order valence-electron chi connectivity index (χ3n) is 6.40. The van der Waals surface area contributed by atoms with Crippen LogP contribution in [0.2, 0.25) is 0 Å². The van der Waals surface area contributed by atoms with Crippen LogP contribution < -0.4 is 0 Å². The van der Waals surface area contributed by atoms with Crippen LogP contribution in [0.4, 0.5) is 0 Å². The molecule has 0 aliphatic rings. The number of benzene rings is 2. The number of aryl methyl sites for hydroxylation is 2. The Hall–Kier alpha value is -1.02. The molecular formula is C31H48O4S2. The van der Waals surface area contributed by atoms with Gasteiger partial charge in [0.1, 0.15) is 0 Å². The molecule has 0 atom stereocenters. The fourth-order valence-corrected chi connectivity index (χ4v) is 7.10. The van der Waals surface area contributed by atoms with E-state index in [-0.39, 0.29) is 24.0 Å². The van der Waals surface area contributed by atoms with Gasteiger partial charge in [-0.2, -0.15) is 0 Å². The monoisotopic (exact) mass is 548 g/mol. The van der Waals surface area contributed by atoms with E-state index < -0.39 is 0 Å². The van der Waals surface area contributed by atoms with Crippen LogP contribution in [0.5, 0.6) is 0 Å². The Bertz CT molecular complexity index is 961. The van der Waals surface area contributed by atoms with Gasteiger partial charge in [0, 0.05) is 36.7 Å². The number of hydrogen-bond donors (Lipinski definition) is 2. The molecule has 0 saturated heterocycles. The van der Waals surface area contributed by atoms with Crippen LogP contribution in [0.25, 0.3) is 0 Å². The van der Waals surface area contributed by atoms with Gasteiger partial charge in [-0.15, -0.1) is 0 Å². The van der Waals surface area contributed by atoms with Gasteiger partial charge < -0.3 is 19.7 Å². The molecular weight excluding hydrogens is 500 g/mol. The lowest BCUT2D eigenvalue weighted by Crippen LogP contribution is -2.14. The predicted octanol–water partition coefficient (Wildman–Crippen LogP) is 7.61.